The van der Waals surface area contributed by atoms with E-state index in [0.29, 0.717) is 17.9 Å². The Hall–Kier alpha value is -0.300. The summed E-state index contributed by atoms with van der Waals surface area (Å²) in [6.07, 6.45) is 16.5. The zero-order valence-electron chi connectivity index (χ0n) is 15.4. The summed E-state index contributed by atoms with van der Waals surface area (Å²) in [6, 6.07) is 0. The lowest BCUT2D eigenvalue weighted by Crippen LogP contribution is -2.29. The topological polar surface area (TPSA) is 9.23 Å². The summed E-state index contributed by atoms with van der Waals surface area (Å²) in [6.45, 7) is 10.1. The molecule has 0 heterocycles. The molecule has 0 saturated heterocycles. The van der Waals surface area contributed by atoms with Gasteiger partial charge in [-0.25, -0.2) is 0 Å². The molecule has 0 spiro atoms. The van der Waals surface area contributed by atoms with Crippen LogP contribution in [0.4, 0.5) is 0 Å². The van der Waals surface area contributed by atoms with Crippen LogP contribution in [0.5, 0.6) is 0 Å². The highest BCUT2D eigenvalue weighted by Gasteiger charge is 2.30. The highest BCUT2D eigenvalue weighted by atomic mass is 16.5. The largest absolute Gasteiger partial charge is 0.378 e. The summed E-state index contributed by atoms with van der Waals surface area (Å²) in [5, 5.41) is 0. The van der Waals surface area contributed by atoms with Crippen LogP contribution in [-0.2, 0) is 4.74 Å². The molecule has 0 radical (unpaired) electrons. The molecule has 0 aromatic rings. The Labute approximate surface area is 138 Å². The molecule has 22 heavy (non-hydrogen) atoms. The van der Waals surface area contributed by atoms with Gasteiger partial charge in [0.05, 0.1) is 12.7 Å². The predicted molar refractivity (Wildman–Crippen MR) is 96.0 cm³/mol. The Kier molecular flexibility index (Phi) is 7.47. The van der Waals surface area contributed by atoms with Gasteiger partial charge in [-0.3, -0.25) is 0 Å². The highest BCUT2D eigenvalue weighted by molar-refractivity contribution is 4.89. The minimum atomic E-state index is 0.536. The third-order valence-corrected chi connectivity index (χ3v) is 5.87. The number of hydrogen-bond donors (Lipinski definition) is 0. The summed E-state index contributed by atoms with van der Waals surface area (Å²) in [7, 11) is 0. The second-order valence-electron chi connectivity index (χ2n) is 8.50. The summed E-state index contributed by atoms with van der Waals surface area (Å²) in [5.41, 5.74) is 0. The van der Waals surface area contributed by atoms with Crippen molar-refractivity contribution in [2.45, 2.75) is 85.2 Å². The van der Waals surface area contributed by atoms with Crippen molar-refractivity contribution in [1.29, 1.82) is 0 Å². The van der Waals surface area contributed by atoms with Gasteiger partial charge in [-0.15, -0.1) is 0 Å². The van der Waals surface area contributed by atoms with Crippen molar-refractivity contribution >= 4 is 0 Å². The number of rotatable bonds is 6. The molecule has 0 aliphatic heterocycles. The lowest BCUT2D eigenvalue weighted by Gasteiger charge is -2.37. The van der Waals surface area contributed by atoms with Crippen molar-refractivity contribution < 1.29 is 4.74 Å². The number of allylic oxidation sites excluding steroid dienone is 1. The van der Waals surface area contributed by atoms with E-state index in [-0.39, 0.29) is 0 Å². The van der Waals surface area contributed by atoms with Gasteiger partial charge in [0.25, 0.3) is 0 Å². The van der Waals surface area contributed by atoms with Gasteiger partial charge in [0.15, 0.2) is 0 Å². The SMILES string of the molecule is CC(C)/C=C\C(C)COC1CCC(C2CCC(C)CC2)CC1. The van der Waals surface area contributed by atoms with Gasteiger partial charge in [-0.05, 0) is 68.1 Å². The summed E-state index contributed by atoms with van der Waals surface area (Å²) in [5.74, 6) is 4.23. The van der Waals surface area contributed by atoms with Crippen LogP contribution in [0.2, 0.25) is 0 Å². The fourth-order valence-corrected chi connectivity index (χ4v) is 4.24. The van der Waals surface area contributed by atoms with E-state index in [2.05, 4.69) is 39.8 Å². The van der Waals surface area contributed by atoms with Crippen molar-refractivity contribution in [3.8, 4) is 0 Å². The Morgan fingerprint density at radius 3 is 1.91 bits per heavy atom. The van der Waals surface area contributed by atoms with Crippen LogP contribution in [0.3, 0.4) is 0 Å². The molecule has 1 heteroatoms. The molecular weight excluding hydrogens is 268 g/mol. The van der Waals surface area contributed by atoms with Gasteiger partial charge in [0.2, 0.25) is 0 Å². The summed E-state index contributed by atoms with van der Waals surface area (Å²) in [4.78, 5) is 0. The standard InChI is InChI=1S/C21H38O/c1-16(2)5-6-18(4)15-22-21-13-11-20(12-14-21)19-9-7-17(3)8-10-19/h5-6,16-21H,7-15H2,1-4H3/b6-5-. The van der Waals surface area contributed by atoms with Crippen LogP contribution in [0.1, 0.15) is 79.1 Å². The molecule has 2 rings (SSSR count). The second-order valence-corrected chi connectivity index (χ2v) is 8.50. The summed E-state index contributed by atoms with van der Waals surface area (Å²) < 4.78 is 6.18. The predicted octanol–water partition coefficient (Wildman–Crippen LogP) is 6.24. The van der Waals surface area contributed by atoms with Gasteiger partial charge in [0, 0.05) is 0 Å². The first-order valence-corrected chi connectivity index (χ1v) is 9.84. The van der Waals surface area contributed by atoms with Crippen LogP contribution in [0.25, 0.3) is 0 Å². The molecule has 1 nitrogen and oxygen atoms in total. The lowest BCUT2D eigenvalue weighted by atomic mass is 9.71. The molecule has 0 bridgehead atoms. The zero-order chi connectivity index (χ0) is 15.9. The molecule has 0 aromatic heterocycles. The molecule has 1 atom stereocenters. The quantitative estimate of drug-likeness (QED) is 0.528. The monoisotopic (exact) mass is 306 g/mol. The molecule has 2 aliphatic carbocycles. The van der Waals surface area contributed by atoms with Gasteiger partial charge in [-0.2, -0.15) is 0 Å². The molecule has 0 aromatic carbocycles. The average Bonchev–Trinajstić information content (AvgIpc) is 2.52. The van der Waals surface area contributed by atoms with Crippen molar-refractivity contribution in [2.24, 2.45) is 29.6 Å². The number of hydrogen-bond acceptors (Lipinski definition) is 1. The smallest absolute Gasteiger partial charge is 0.0575 e. The van der Waals surface area contributed by atoms with Crippen molar-refractivity contribution in [2.75, 3.05) is 6.61 Å². The van der Waals surface area contributed by atoms with E-state index in [1.165, 1.54) is 51.4 Å². The van der Waals surface area contributed by atoms with Gasteiger partial charge < -0.3 is 4.74 Å². The van der Waals surface area contributed by atoms with Crippen molar-refractivity contribution in [1.82, 2.24) is 0 Å². The van der Waals surface area contributed by atoms with Crippen LogP contribution in [-0.4, -0.2) is 12.7 Å². The maximum absolute atomic E-state index is 6.18. The first kappa shape index (κ1) is 18.0. The molecule has 2 fully saturated rings. The van der Waals surface area contributed by atoms with Crippen LogP contribution in [0.15, 0.2) is 12.2 Å². The van der Waals surface area contributed by atoms with Crippen LogP contribution >= 0.6 is 0 Å². The van der Waals surface area contributed by atoms with Gasteiger partial charge >= 0.3 is 0 Å². The fourth-order valence-electron chi connectivity index (χ4n) is 4.24. The Morgan fingerprint density at radius 2 is 1.36 bits per heavy atom. The van der Waals surface area contributed by atoms with E-state index < -0.39 is 0 Å². The van der Waals surface area contributed by atoms with E-state index in [1.807, 2.05) is 0 Å². The fraction of sp³-hybridized carbons (Fsp3) is 0.905. The third-order valence-electron chi connectivity index (χ3n) is 5.87. The van der Waals surface area contributed by atoms with Crippen LogP contribution < -0.4 is 0 Å². The highest BCUT2D eigenvalue weighted by Crippen LogP contribution is 2.40. The van der Waals surface area contributed by atoms with E-state index in [0.717, 1.165) is 24.4 Å². The Balaban J connectivity index is 1.63. The van der Waals surface area contributed by atoms with Gasteiger partial charge in [0.1, 0.15) is 0 Å². The van der Waals surface area contributed by atoms with Crippen LogP contribution in [0, 0.1) is 29.6 Å². The number of ether oxygens (including phenoxy) is 1. The molecular formula is C21H38O. The van der Waals surface area contributed by atoms with Crippen molar-refractivity contribution in [3.05, 3.63) is 12.2 Å². The van der Waals surface area contributed by atoms with E-state index >= 15 is 0 Å². The zero-order valence-corrected chi connectivity index (χ0v) is 15.4. The van der Waals surface area contributed by atoms with E-state index in [4.69, 9.17) is 4.74 Å². The van der Waals surface area contributed by atoms with Gasteiger partial charge in [-0.1, -0.05) is 52.7 Å². The molecule has 0 amide bonds. The van der Waals surface area contributed by atoms with Crippen molar-refractivity contribution in [3.63, 3.8) is 0 Å². The summed E-state index contributed by atoms with van der Waals surface area (Å²) >= 11 is 0. The minimum absolute atomic E-state index is 0.536. The molecule has 0 N–H and O–H groups in total. The Morgan fingerprint density at radius 1 is 0.818 bits per heavy atom. The normalized spacial score (nSPS) is 35.1. The van der Waals surface area contributed by atoms with E-state index in [1.54, 1.807) is 0 Å². The third kappa shape index (κ3) is 6.07. The molecule has 1 unspecified atom stereocenters. The minimum Gasteiger partial charge on any atom is -0.378 e. The second kappa shape index (κ2) is 9.11. The maximum atomic E-state index is 6.18. The first-order valence-electron chi connectivity index (χ1n) is 9.84. The lowest BCUT2D eigenvalue weighted by molar-refractivity contribution is -0.00124. The molecule has 2 aliphatic rings. The maximum Gasteiger partial charge on any atom is 0.0575 e. The Bertz CT molecular complexity index is 317. The van der Waals surface area contributed by atoms with E-state index in [9.17, 15) is 0 Å². The molecule has 2 saturated carbocycles. The molecule has 128 valence electrons. The first-order chi connectivity index (χ1) is 10.5. The average molecular weight is 307 g/mol.